The molecule has 4 rings (SSSR count). The second-order valence-electron chi connectivity index (χ2n) is 7.33. The van der Waals surface area contributed by atoms with Crippen molar-refractivity contribution in [1.29, 1.82) is 0 Å². The molecule has 2 aliphatic heterocycles. The van der Waals surface area contributed by atoms with E-state index in [1.165, 1.54) is 12.8 Å². The molecule has 2 aromatic rings. The molecular weight excluding hydrogens is 314 g/mol. The molecular formula is C19H25N5O. The van der Waals surface area contributed by atoms with Crippen LogP contribution in [0.4, 0.5) is 0 Å². The Morgan fingerprint density at radius 1 is 1.28 bits per heavy atom. The molecule has 0 spiro atoms. The van der Waals surface area contributed by atoms with Crippen molar-refractivity contribution in [3.05, 3.63) is 42.1 Å². The van der Waals surface area contributed by atoms with Crippen molar-refractivity contribution in [3.63, 3.8) is 0 Å². The lowest BCUT2D eigenvalue weighted by Crippen LogP contribution is -2.39. The van der Waals surface area contributed by atoms with E-state index < -0.39 is 0 Å². The van der Waals surface area contributed by atoms with Gasteiger partial charge in [-0.1, -0.05) is 6.07 Å². The predicted octanol–water partition coefficient (Wildman–Crippen LogP) is 2.11. The molecule has 2 aliphatic rings. The molecule has 0 radical (unpaired) electrons. The summed E-state index contributed by atoms with van der Waals surface area (Å²) in [5.74, 6) is 2.43. The van der Waals surface area contributed by atoms with Crippen LogP contribution in [0.15, 0.2) is 30.7 Å². The highest BCUT2D eigenvalue weighted by Crippen LogP contribution is 2.32. The minimum atomic E-state index is 0.154. The monoisotopic (exact) mass is 339 g/mol. The van der Waals surface area contributed by atoms with Crippen molar-refractivity contribution in [1.82, 2.24) is 25.2 Å². The molecule has 1 amide bonds. The minimum Gasteiger partial charge on any atom is -0.352 e. The van der Waals surface area contributed by atoms with Crippen molar-refractivity contribution in [3.8, 4) is 5.82 Å². The van der Waals surface area contributed by atoms with Crippen molar-refractivity contribution < 1.29 is 4.79 Å². The van der Waals surface area contributed by atoms with Crippen LogP contribution in [0.1, 0.15) is 43.5 Å². The van der Waals surface area contributed by atoms with Gasteiger partial charge in [0.05, 0.1) is 0 Å². The Hall–Kier alpha value is -2.21. The number of hydrogen-bond donors (Lipinski definition) is 2. The first-order chi connectivity index (χ1) is 12.2. The van der Waals surface area contributed by atoms with Crippen LogP contribution in [0.3, 0.4) is 0 Å². The van der Waals surface area contributed by atoms with Gasteiger partial charge < -0.3 is 10.6 Å². The van der Waals surface area contributed by atoms with Gasteiger partial charge in [0.1, 0.15) is 11.6 Å². The number of carbonyl (C=O) groups is 1. The fourth-order valence-corrected chi connectivity index (χ4v) is 4.16. The van der Waals surface area contributed by atoms with Crippen molar-refractivity contribution >= 4 is 5.91 Å². The average molecular weight is 339 g/mol. The average Bonchev–Trinajstić information content (AvgIpc) is 3.19. The molecule has 2 atom stereocenters. The van der Waals surface area contributed by atoms with Crippen LogP contribution in [0.2, 0.25) is 0 Å². The Labute approximate surface area is 148 Å². The normalized spacial score (nSPS) is 25.1. The van der Waals surface area contributed by atoms with Gasteiger partial charge in [0, 0.05) is 43.6 Å². The first-order valence-corrected chi connectivity index (χ1v) is 9.15. The number of amides is 1. The van der Waals surface area contributed by atoms with E-state index in [1.807, 2.05) is 36.0 Å². The Kier molecular flexibility index (Phi) is 4.53. The Morgan fingerprint density at radius 2 is 2.08 bits per heavy atom. The van der Waals surface area contributed by atoms with Gasteiger partial charge in [-0.2, -0.15) is 0 Å². The highest BCUT2D eigenvalue weighted by molar-refractivity contribution is 5.76. The summed E-state index contributed by atoms with van der Waals surface area (Å²) < 4.78 is 1.94. The quantitative estimate of drug-likeness (QED) is 0.875. The molecule has 2 unspecified atom stereocenters. The van der Waals surface area contributed by atoms with Crippen molar-refractivity contribution in [2.75, 3.05) is 0 Å². The fourth-order valence-electron chi connectivity index (χ4n) is 4.16. The maximum Gasteiger partial charge on any atom is 0.220 e. The Morgan fingerprint density at radius 3 is 2.72 bits per heavy atom. The third-order valence-corrected chi connectivity index (χ3v) is 5.42. The molecule has 4 heterocycles. The molecule has 2 bridgehead atoms. The Balaban J connectivity index is 1.28. The zero-order valence-electron chi connectivity index (χ0n) is 14.6. The predicted molar refractivity (Wildman–Crippen MR) is 95.2 cm³/mol. The number of nitrogens with zero attached hydrogens (tertiary/aromatic N) is 3. The second-order valence-corrected chi connectivity index (χ2v) is 7.33. The van der Waals surface area contributed by atoms with Gasteiger partial charge in [0.25, 0.3) is 0 Å². The van der Waals surface area contributed by atoms with E-state index in [4.69, 9.17) is 0 Å². The number of nitrogens with one attached hydrogen (secondary N) is 2. The van der Waals surface area contributed by atoms with Crippen molar-refractivity contribution in [2.45, 2.75) is 57.7 Å². The molecule has 2 saturated heterocycles. The van der Waals surface area contributed by atoms with Gasteiger partial charge in [0.2, 0.25) is 5.91 Å². The van der Waals surface area contributed by atoms with Crippen LogP contribution in [-0.2, 0) is 11.3 Å². The van der Waals surface area contributed by atoms with Gasteiger partial charge >= 0.3 is 0 Å². The topological polar surface area (TPSA) is 71.8 Å². The van der Waals surface area contributed by atoms with E-state index in [0.717, 1.165) is 30.0 Å². The maximum absolute atomic E-state index is 12.3. The summed E-state index contributed by atoms with van der Waals surface area (Å²) in [4.78, 5) is 20.9. The first-order valence-electron chi connectivity index (χ1n) is 9.15. The summed E-state index contributed by atoms with van der Waals surface area (Å²) >= 11 is 0. The van der Waals surface area contributed by atoms with Gasteiger partial charge in [0.15, 0.2) is 0 Å². The molecule has 2 fully saturated rings. The van der Waals surface area contributed by atoms with E-state index in [2.05, 4.69) is 20.6 Å². The molecule has 0 aliphatic carbocycles. The smallest absolute Gasteiger partial charge is 0.220 e. The number of aromatic nitrogens is 3. The number of fused-ring (bicyclic) bond motifs is 2. The largest absolute Gasteiger partial charge is 0.352 e. The number of hydrogen-bond acceptors (Lipinski definition) is 4. The number of aryl methyl sites for hydroxylation is 1. The molecule has 2 N–H and O–H groups in total. The van der Waals surface area contributed by atoms with E-state index >= 15 is 0 Å². The van der Waals surface area contributed by atoms with Crippen LogP contribution in [0, 0.1) is 12.8 Å². The van der Waals surface area contributed by atoms with Gasteiger partial charge in [-0.15, -0.1) is 0 Å². The lowest BCUT2D eigenvalue weighted by Gasteiger charge is -2.28. The van der Waals surface area contributed by atoms with E-state index in [1.54, 1.807) is 6.20 Å². The third-order valence-electron chi connectivity index (χ3n) is 5.42. The van der Waals surface area contributed by atoms with Crippen LogP contribution in [0.25, 0.3) is 5.82 Å². The summed E-state index contributed by atoms with van der Waals surface area (Å²) in [5, 5.41) is 6.67. The summed E-state index contributed by atoms with van der Waals surface area (Å²) in [6, 6.07) is 5.24. The summed E-state index contributed by atoms with van der Waals surface area (Å²) in [6.07, 6.45) is 11.0. The lowest BCUT2D eigenvalue weighted by atomic mass is 9.89. The molecule has 132 valence electrons. The minimum absolute atomic E-state index is 0.154. The highest BCUT2D eigenvalue weighted by Gasteiger charge is 2.34. The zero-order chi connectivity index (χ0) is 17.2. The fraction of sp³-hybridized carbons (Fsp3) is 0.526. The lowest BCUT2D eigenvalue weighted by molar-refractivity contribution is -0.122. The third kappa shape index (κ3) is 3.74. The second kappa shape index (κ2) is 6.96. The standard InChI is InChI=1S/C19H25N5O/c1-13-20-6-7-24(13)18-5-2-14(11-21-18)12-22-19(25)10-15-8-16-3-4-17(9-15)23-16/h2,5-7,11,15-17,23H,3-4,8-10,12H2,1H3,(H,22,25). The number of pyridine rings is 1. The number of carbonyl (C=O) groups excluding carboxylic acids is 1. The molecule has 6 nitrogen and oxygen atoms in total. The zero-order valence-corrected chi connectivity index (χ0v) is 14.6. The molecule has 6 heteroatoms. The Bertz CT molecular complexity index is 727. The van der Waals surface area contributed by atoms with Crippen LogP contribution >= 0.6 is 0 Å². The molecule has 2 aromatic heterocycles. The molecule has 0 saturated carbocycles. The van der Waals surface area contributed by atoms with Gasteiger partial charge in [-0.3, -0.25) is 9.36 Å². The number of rotatable bonds is 5. The molecule has 25 heavy (non-hydrogen) atoms. The summed E-state index contributed by atoms with van der Waals surface area (Å²) in [6.45, 7) is 2.48. The van der Waals surface area contributed by atoms with Crippen LogP contribution in [0.5, 0.6) is 0 Å². The highest BCUT2D eigenvalue weighted by atomic mass is 16.1. The number of piperidine rings is 1. The summed E-state index contributed by atoms with van der Waals surface area (Å²) in [5.41, 5.74) is 1.01. The maximum atomic E-state index is 12.3. The van der Waals surface area contributed by atoms with E-state index in [0.29, 0.717) is 31.0 Å². The summed E-state index contributed by atoms with van der Waals surface area (Å²) in [7, 11) is 0. The van der Waals surface area contributed by atoms with Gasteiger partial charge in [-0.05, 0) is 50.2 Å². The van der Waals surface area contributed by atoms with Gasteiger partial charge in [-0.25, -0.2) is 9.97 Å². The van der Waals surface area contributed by atoms with Crippen LogP contribution < -0.4 is 10.6 Å². The van der Waals surface area contributed by atoms with Crippen molar-refractivity contribution in [2.24, 2.45) is 5.92 Å². The van der Waals surface area contributed by atoms with E-state index in [9.17, 15) is 4.79 Å². The first kappa shape index (κ1) is 16.3. The van der Waals surface area contributed by atoms with E-state index in [-0.39, 0.29) is 5.91 Å². The SMILES string of the molecule is Cc1nccn1-c1ccc(CNC(=O)CC2CC3CCC(C2)N3)cn1. The molecule has 0 aromatic carbocycles. The van der Waals surface area contributed by atoms with Crippen LogP contribution in [-0.4, -0.2) is 32.5 Å². The number of imidazole rings is 1.